The van der Waals surface area contributed by atoms with Gasteiger partial charge >= 0.3 is 5.97 Å². The average molecular weight is 495 g/mol. The number of benzene rings is 1. The van der Waals surface area contributed by atoms with Crippen molar-refractivity contribution in [1.82, 2.24) is 9.62 Å². The lowest BCUT2D eigenvalue weighted by molar-refractivity contribution is -0.150. The van der Waals surface area contributed by atoms with Crippen molar-refractivity contribution in [2.45, 2.75) is 36.0 Å². The highest BCUT2D eigenvalue weighted by molar-refractivity contribution is 7.91. The van der Waals surface area contributed by atoms with Gasteiger partial charge in [-0.25, -0.2) is 13.2 Å². The Hall–Kier alpha value is -2.20. The summed E-state index contributed by atoms with van der Waals surface area (Å²) in [5.74, 6) is -0.876. The van der Waals surface area contributed by atoms with Crippen LogP contribution in [-0.2, 0) is 30.8 Å². The van der Waals surface area contributed by atoms with Gasteiger partial charge in [0, 0.05) is 43.1 Å². The molecule has 1 aromatic carbocycles. The van der Waals surface area contributed by atoms with Gasteiger partial charge in [0.25, 0.3) is 15.9 Å². The number of esters is 1. The van der Waals surface area contributed by atoms with Crippen LogP contribution >= 0.6 is 22.9 Å². The van der Waals surface area contributed by atoms with Crippen LogP contribution in [0.2, 0.25) is 5.02 Å². The van der Waals surface area contributed by atoms with Crippen LogP contribution in [0.25, 0.3) is 0 Å². The second kappa shape index (κ2) is 8.97. The number of ether oxygens (including phenoxy) is 1. The van der Waals surface area contributed by atoms with Crippen LogP contribution in [0.4, 0.5) is 0 Å². The van der Waals surface area contributed by atoms with Gasteiger partial charge in [-0.1, -0.05) is 29.8 Å². The van der Waals surface area contributed by atoms with Gasteiger partial charge in [0.05, 0.1) is 5.57 Å². The lowest BCUT2D eigenvalue weighted by Crippen LogP contribution is -2.50. The molecule has 2 aromatic rings. The molecular formula is C22H23ClN2O5S2. The fourth-order valence-electron chi connectivity index (χ4n) is 4.16. The third-order valence-corrected chi connectivity index (χ3v) is 9.41. The standard InChI is InChI=1S/C22H23ClN2O5S2/c1-15-19(20(26)24-11-8-16-4-6-17(23)7-5-16)22(30-21(15)27)9-12-25(13-10-22)32(28,29)18-3-2-14-31-18/h2-7,14H,8-13H2,1H3,(H,24,26). The molecule has 1 aromatic heterocycles. The van der Waals surface area contributed by atoms with E-state index in [1.54, 1.807) is 36.6 Å². The molecule has 0 unspecified atom stereocenters. The molecule has 1 spiro atoms. The maximum Gasteiger partial charge on any atom is 0.335 e. The first-order valence-electron chi connectivity index (χ1n) is 10.2. The molecule has 10 heteroatoms. The van der Waals surface area contributed by atoms with Crippen molar-refractivity contribution in [3.8, 4) is 0 Å². The minimum Gasteiger partial charge on any atom is -0.450 e. The third kappa shape index (κ3) is 4.34. The molecule has 0 atom stereocenters. The molecule has 0 aliphatic carbocycles. The summed E-state index contributed by atoms with van der Waals surface area (Å²) in [5.41, 5.74) is 0.531. The Morgan fingerprint density at radius 2 is 1.91 bits per heavy atom. The Morgan fingerprint density at radius 3 is 2.53 bits per heavy atom. The molecule has 2 aliphatic heterocycles. The van der Waals surface area contributed by atoms with Gasteiger partial charge in [-0.15, -0.1) is 11.3 Å². The van der Waals surface area contributed by atoms with E-state index < -0.39 is 21.6 Å². The predicted octanol–water partition coefficient (Wildman–Crippen LogP) is 3.16. The second-order valence-electron chi connectivity index (χ2n) is 7.85. The summed E-state index contributed by atoms with van der Waals surface area (Å²) >= 11 is 7.07. The molecule has 32 heavy (non-hydrogen) atoms. The summed E-state index contributed by atoms with van der Waals surface area (Å²) in [5, 5.41) is 5.25. The van der Waals surface area contributed by atoms with Crippen LogP contribution in [-0.4, -0.2) is 49.8 Å². The number of carbonyl (C=O) groups excluding carboxylic acids is 2. The van der Waals surface area contributed by atoms with Crippen molar-refractivity contribution in [2.24, 2.45) is 0 Å². The molecule has 0 bridgehead atoms. The number of hydrogen-bond donors (Lipinski definition) is 1. The number of nitrogens with one attached hydrogen (secondary N) is 1. The van der Waals surface area contributed by atoms with E-state index in [0.717, 1.165) is 5.56 Å². The number of carbonyl (C=O) groups is 2. The summed E-state index contributed by atoms with van der Waals surface area (Å²) in [7, 11) is -3.59. The van der Waals surface area contributed by atoms with Crippen molar-refractivity contribution in [3.05, 3.63) is 63.5 Å². The van der Waals surface area contributed by atoms with Gasteiger partial charge < -0.3 is 10.1 Å². The zero-order valence-corrected chi connectivity index (χ0v) is 19.9. The quantitative estimate of drug-likeness (QED) is 0.623. The maximum atomic E-state index is 13.0. The summed E-state index contributed by atoms with van der Waals surface area (Å²) in [6.07, 6.45) is 1.09. The van der Waals surface area contributed by atoms with E-state index in [9.17, 15) is 18.0 Å². The smallest absolute Gasteiger partial charge is 0.335 e. The normalized spacial score (nSPS) is 18.8. The zero-order chi connectivity index (χ0) is 22.9. The Balaban J connectivity index is 1.44. The van der Waals surface area contributed by atoms with E-state index in [2.05, 4.69) is 5.32 Å². The topological polar surface area (TPSA) is 92.8 Å². The van der Waals surface area contributed by atoms with E-state index in [0.29, 0.717) is 23.6 Å². The van der Waals surface area contributed by atoms with Crippen LogP contribution in [0.5, 0.6) is 0 Å². The Kier molecular flexibility index (Phi) is 6.44. The Labute approximate surface area is 196 Å². The number of hydrogen-bond acceptors (Lipinski definition) is 6. The predicted molar refractivity (Wildman–Crippen MR) is 122 cm³/mol. The van der Waals surface area contributed by atoms with E-state index in [-0.39, 0.29) is 41.6 Å². The molecule has 170 valence electrons. The van der Waals surface area contributed by atoms with Gasteiger partial charge in [0.15, 0.2) is 0 Å². The summed E-state index contributed by atoms with van der Waals surface area (Å²) in [6, 6.07) is 10.6. The van der Waals surface area contributed by atoms with Crippen molar-refractivity contribution in [1.29, 1.82) is 0 Å². The van der Waals surface area contributed by atoms with Crippen LogP contribution in [0.1, 0.15) is 25.3 Å². The molecular weight excluding hydrogens is 472 g/mol. The van der Waals surface area contributed by atoms with Crippen molar-refractivity contribution < 1.29 is 22.7 Å². The van der Waals surface area contributed by atoms with Crippen LogP contribution in [0.15, 0.2) is 57.1 Å². The number of thiophene rings is 1. The lowest BCUT2D eigenvalue weighted by atomic mass is 9.83. The number of rotatable bonds is 6. The van der Waals surface area contributed by atoms with E-state index in [4.69, 9.17) is 16.3 Å². The van der Waals surface area contributed by atoms with Gasteiger partial charge in [-0.3, -0.25) is 4.79 Å². The van der Waals surface area contributed by atoms with Crippen LogP contribution in [0.3, 0.4) is 0 Å². The summed E-state index contributed by atoms with van der Waals surface area (Å²) < 4.78 is 33.0. The van der Waals surface area contributed by atoms with E-state index in [1.165, 1.54) is 15.6 Å². The molecule has 4 rings (SSSR count). The largest absolute Gasteiger partial charge is 0.450 e. The summed E-state index contributed by atoms with van der Waals surface area (Å²) in [6.45, 7) is 2.31. The van der Waals surface area contributed by atoms with Gasteiger partial charge in [-0.2, -0.15) is 4.31 Å². The number of sulfonamides is 1. The first kappa shape index (κ1) is 23.0. The molecule has 3 heterocycles. The fraction of sp³-hybridized carbons (Fsp3) is 0.364. The highest BCUT2D eigenvalue weighted by Gasteiger charge is 2.52. The van der Waals surface area contributed by atoms with E-state index >= 15 is 0 Å². The number of amides is 1. The molecule has 0 saturated carbocycles. The van der Waals surface area contributed by atoms with Crippen molar-refractivity contribution in [2.75, 3.05) is 19.6 Å². The minimum atomic E-state index is -3.59. The zero-order valence-electron chi connectivity index (χ0n) is 17.5. The first-order valence-corrected chi connectivity index (χ1v) is 12.9. The Bertz CT molecular complexity index is 1150. The van der Waals surface area contributed by atoms with E-state index in [1.807, 2.05) is 12.1 Å². The highest BCUT2D eigenvalue weighted by Crippen LogP contribution is 2.42. The molecule has 1 N–H and O–H groups in total. The third-order valence-electron chi connectivity index (χ3n) is 5.88. The molecule has 1 fully saturated rings. The van der Waals surface area contributed by atoms with Crippen molar-refractivity contribution >= 4 is 44.8 Å². The fourth-order valence-corrected chi connectivity index (χ4v) is 6.88. The first-order chi connectivity index (χ1) is 15.2. The maximum absolute atomic E-state index is 13.0. The molecule has 1 saturated heterocycles. The van der Waals surface area contributed by atoms with Gasteiger partial charge in [-0.05, 0) is 42.5 Å². The number of nitrogens with zero attached hydrogens (tertiary/aromatic N) is 1. The second-order valence-corrected chi connectivity index (χ2v) is 11.4. The van der Waals surface area contributed by atoms with Crippen LogP contribution in [0, 0.1) is 0 Å². The molecule has 2 aliphatic rings. The molecule has 7 nitrogen and oxygen atoms in total. The molecule has 0 radical (unpaired) electrons. The number of halogens is 1. The molecule has 1 amide bonds. The van der Waals surface area contributed by atoms with Gasteiger partial charge in [0.1, 0.15) is 9.81 Å². The summed E-state index contributed by atoms with van der Waals surface area (Å²) in [4.78, 5) is 25.4. The monoisotopic (exact) mass is 494 g/mol. The number of piperidine rings is 1. The van der Waals surface area contributed by atoms with Crippen LogP contribution < -0.4 is 5.32 Å². The lowest BCUT2D eigenvalue weighted by Gasteiger charge is -2.38. The van der Waals surface area contributed by atoms with Gasteiger partial charge in [0.2, 0.25) is 0 Å². The van der Waals surface area contributed by atoms with Crippen molar-refractivity contribution in [3.63, 3.8) is 0 Å². The SMILES string of the molecule is CC1=C(C(=O)NCCc2ccc(Cl)cc2)C2(CCN(S(=O)(=O)c3cccs3)CC2)OC1=O. The average Bonchev–Trinajstić information content (AvgIpc) is 3.38. The highest BCUT2D eigenvalue weighted by atomic mass is 35.5. The minimum absolute atomic E-state index is 0.169. The Morgan fingerprint density at radius 1 is 1.22 bits per heavy atom.